The second-order valence-corrected chi connectivity index (χ2v) is 4.85. The van der Waals surface area contributed by atoms with Gasteiger partial charge >= 0.3 is 6.18 Å². The third-order valence-electron chi connectivity index (χ3n) is 3.27. The number of nitrogens with two attached hydrogens (primary N) is 1. The number of rotatable bonds is 4. The number of nitrogens with zero attached hydrogens (tertiary/aromatic N) is 2. The van der Waals surface area contributed by atoms with Crippen LogP contribution in [0.2, 0.25) is 0 Å². The second-order valence-electron chi connectivity index (χ2n) is 4.85. The first-order valence-corrected chi connectivity index (χ1v) is 6.61. The molecular formula is C13H16F3N3O2. The number of alkyl halides is 3. The third kappa shape index (κ3) is 3.99. The largest absolute Gasteiger partial charge is 0.477 e. The summed E-state index contributed by atoms with van der Waals surface area (Å²) in [4.78, 5) is 4.24. The van der Waals surface area contributed by atoms with Crippen LogP contribution in [0.5, 0.6) is 5.88 Å². The molecule has 0 saturated carbocycles. The summed E-state index contributed by atoms with van der Waals surface area (Å²) in [5.74, 6) is -0.243. The topological polar surface area (TPSA) is 80.7 Å². The summed E-state index contributed by atoms with van der Waals surface area (Å²) < 4.78 is 41.6. The van der Waals surface area contributed by atoms with Crippen LogP contribution in [0.1, 0.15) is 36.1 Å². The van der Waals surface area contributed by atoms with Crippen molar-refractivity contribution in [3.63, 3.8) is 0 Å². The fourth-order valence-electron chi connectivity index (χ4n) is 2.23. The lowest BCUT2D eigenvalue weighted by Gasteiger charge is -2.18. The van der Waals surface area contributed by atoms with Gasteiger partial charge in [0, 0.05) is 5.69 Å². The van der Waals surface area contributed by atoms with Crippen LogP contribution in [-0.4, -0.2) is 28.8 Å². The Morgan fingerprint density at radius 1 is 1.38 bits per heavy atom. The van der Waals surface area contributed by atoms with Crippen molar-refractivity contribution < 1.29 is 23.1 Å². The highest BCUT2D eigenvalue weighted by Crippen LogP contribution is 2.27. The quantitative estimate of drug-likeness (QED) is 0.387. The molecule has 1 aliphatic carbocycles. The van der Waals surface area contributed by atoms with Gasteiger partial charge in [0.2, 0.25) is 5.88 Å². The molecule has 0 bridgehead atoms. The van der Waals surface area contributed by atoms with Crippen LogP contribution < -0.4 is 10.5 Å². The van der Waals surface area contributed by atoms with Gasteiger partial charge < -0.3 is 15.7 Å². The Morgan fingerprint density at radius 3 is 2.76 bits per heavy atom. The van der Waals surface area contributed by atoms with Gasteiger partial charge in [0.1, 0.15) is 0 Å². The molecule has 8 heteroatoms. The first-order chi connectivity index (χ1) is 9.90. The van der Waals surface area contributed by atoms with Crippen LogP contribution in [-0.2, 0) is 12.8 Å². The first-order valence-electron chi connectivity index (χ1n) is 6.61. The van der Waals surface area contributed by atoms with Crippen molar-refractivity contribution in [3.8, 4) is 5.88 Å². The van der Waals surface area contributed by atoms with E-state index in [-0.39, 0.29) is 17.3 Å². The maximum atomic E-state index is 12.2. The Bertz CT molecular complexity index is 544. The summed E-state index contributed by atoms with van der Waals surface area (Å²) >= 11 is 0. The van der Waals surface area contributed by atoms with E-state index in [1.54, 1.807) is 6.07 Å². The molecule has 0 radical (unpaired) electrons. The van der Waals surface area contributed by atoms with Crippen molar-refractivity contribution in [3.05, 3.63) is 22.9 Å². The monoisotopic (exact) mass is 303 g/mol. The zero-order valence-electron chi connectivity index (χ0n) is 11.3. The maximum Gasteiger partial charge on any atom is 0.392 e. The Morgan fingerprint density at radius 2 is 2.10 bits per heavy atom. The van der Waals surface area contributed by atoms with E-state index in [9.17, 15) is 13.2 Å². The van der Waals surface area contributed by atoms with E-state index in [2.05, 4.69) is 10.1 Å². The predicted molar refractivity (Wildman–Crippen MR) is 69.6 cm³/mol. The summed E-state index contributed by atoms with van der Waals surface area (Å²) in [5, 5.41) is 11.6. The Labute approximate surface area is 119 Å². The second kappa shape index (κ2) is 6.19. The van der Waals surface area contributed by atoms with Crippen molar-refractivity contribution in [1.29, 1.82) is 0 Å². The van der Waals surface area contributed by atoms with E-state index >= 15 is 0 Å². The number of pyridine rings is 1. The fourth-order valence-corrected chi connectivity index (χ4v) is 2.23. The smallest absolute Gasteiger partial charge is 0.392 e. The highest BCUT2D eigenvalue weighted by molar-refractivity contribution is 5.99. The lowest BCUT2D eigenvalue weighted by atomic mass is 9.95. The standard InChI is InChI=1S/C13H16F3N3O2/c14-13(15,16)5-6-21-12-9(11(17)19-20)7-8-3-1-2-4-10(8)18-12/h7,20H,1-6H2,(H2,17,19). The average Bonchev–Trinajstić information content (AvgIpc) is 2.44. The molecule has 0 aromatic carbocycles. The molecule has 3 N–H and O–H groups in total. The molecule has 5 nitrogen and oxygen atoms in total. The zero-order valence-corrected chi connectivity index (χ0v) is 11.3. The Balaban J connectivity index is 2.24. The van der Waals surface area contributed by atoms with Gasteiger partial charge in [-0.1, -0.05) is 5.16 Å². The molecule has 1 aromatic heterocycles. The lowest BCUT2D eigenvalue weighted by Crippen LogP contribution is -2.20. The van der Waals surface area contributed by atoms with E-state index in [1.165, 1.54) is 0 Å². The minimum absolute atomic E-state index is 0.0183. The number of oxime groups is 1. The van der Waals surface area contributed by atoms with Gasteiger partial charge in [0.25, 0.3) is 0 Å². The van der Waals surface area contributed by atoms with E-state index in [4.69, 9.17) is 15.7 Å². The maximum absolute atomic E-state index is 12.2. The molecule has 0 aliphatic heterocycles. The van der Waals surface area contributed by atoms with Crippen LogP contribution in [0.3, 0.4) is 0 Å². The minimum Gasteiger partial charge on any atom is -0.477 e. The summed E-state index contributed by atoms with van der Waals surface area (Å²) in [6.07, 6.45) is -1.83. The third-order valence-corrected chi connectivity index (χ3v) is 3.27. The number of aromatic nitrogens is 1. The molecule has 21 heavy (non-hydrogen) atoms. The van der Waals surface area contributed by atoms with Crippen molar-refractivity contribution in [2.45, 2.75) is 38.3 Å². The molecular weight excluding hydrogens is 287 g/mol. The van der Waals surface area contributed by atoms with Gasteiger partial charge in [-0.15, -0.1) is 0 Å². The van der Waals surface area contributed by atoms with Crippen LogP contribution in [0.15, 0.2) is 11.2 Å². The summed E-state index contributed by atoms with van der Waals surface area (Å²) in [6, 6.07) is 1.68. The molecule has 1 aliphatic rings. The highest BCUT2D eigenvalue weighted by atomic mass is 19.4. The highest BCUT2D eigenvalue weighted by Gasteiger charge is 2.27. The van der Waals surface area contributed by atoms with Crippen molar-refractivity contribution in [2.75, 3.05) is 6.61 Å². The van der Waals surface area contributed by atoms with Gasteiger partial charge in [-0.25, -0.2) is 4.98 Å². The fraction of sp³-hybridized carbons (Fsp3) is 0.538. The lowest BCUT2D eigenvalue weighted by molar-refractivity contribution is -0.139. The molecule has 1 heterocycles. The van der Waals surface area contributed by atoms with Gasteiger partial charge in [0.15, 0.2) is 5.84 Å². The Kier molecular flexibility index (Phi) is 4.54. The number of ether oxygens (including phenoxy) is 1. The van der Waals surface area contributed by atoms with Gasteiger partial charge in [0.05, 0.1) is 18.6 Å². The van der Waals surface area contributed by atoms with Crippen LogP contribution in [0.4, 0.5) is 13.2 Å². The number of hydrogen-bond acceptors (Lipinski definition) is 4. The number of hydrogen-bond donors (Lipinski definition) is 2. The molecule has 116 valence electrons. The van der Waals surface area contributed by atoms with Gasteiger partial charge in [-0.2, -0.15) is 13.2 Å². The van der Waals surface area contributed by atoms with Crippen LogP contribution in [0, 0.1) is 0 Å². The normalized spacial score (nSPS) is 15.7. The molecule has 0 atom stereocenters. The van der Waals surface area contributed by atoms with Crippen molar-refractivity contribution in [2.24, 2.45) is 10.9 Å². The number of halogens is 3. The zero-order chi connectivity index (χ0) is 15.5. The number of aryl methyl sites for hydroxylation is 2. The SMILES string of the molecule is N/C(=N/O)c1cc2c(nc1OCCC(F)(F)F)CCCC2. The van der Waals surface area contributed by atoms with Gasteiger partial charge in [-0.05, 0) is 37.3 Å². The summed E-state index contributed by atoms with van der Waals surface area (Å²) in [5.41, 5.74) is 7.53. The first kappa shape index (κ1) is 15.4. The van der Waals surface area contributed by atoms with E-state index in [0.717, 1.165) is 36.9 Å². The van der Waals surface area contributed by atoms with Crippen molar-refractivity contribution in [1.82, 2.24) is 4.98 Å². The molecule has 2 rings (SSSR count). The summed E-state index contributed by atoms with van der Waals surface area (Å²) in [6.45, 7) is -0.555. The van der Waals surface area contributed by atoms with E-state index < -0.39 is 19.2 Å². The molecule has 0 spiro atoms. The molecule has 0 saturated heterocycles. The Hall–Kier alpha value is -1.99. The molecule has 0 fully saturated rings. The predicted octanol–water partition coefficient (Wildman–Crippen LogP) is 2.39. The van der Waals surface area contributed by atoms with E-state index in [1.807, 2.05) is 0 Å². The number of amidine groups is 1. The summed E-state index contributed by atoms with van der Waals surface area (Å²) in [7, 11) is 0. The molecule has 0 amide bonds. The average molecular weight is 303 g/mol. The minimum atomic E-state index is -4.30. The van der Waals surface area contributed by atoms with Gasteiger partial charge in [-0.3, -0.25) is 0 Å². The van der Waals surface area contributed by atoms with Crippen molar-refractivity contribution >= 4 is 5.84 Å². The van der Waals surface area contributed by atoms with E-state index in [0.29, 0.717) is 0 Å². The number of fused-ring (bicyclic) bond motifs is 1. The molecule has 1 aromatic rings. The van der Waals surface area contributed by atoms with Crippen LogP contribution in [0.25, 0.3) is 0 Å². The molecule has 0 unspecified atom stereocenters. The van der Waals surface area contributed by atoms with Crippen LogP contribution >= 0.6 is 0 Å².